The van der Waals surface area contributed by atoms with Gasteiger partial charge in [0.05, 0.1) is 12.2 Å². The first kappa shape index (κ1) is 28.9. The Balaban J connectivity index is 1.68. The molecule has 2 aromatic carbocycles. The number of aryl methyl sites for hydroxylation is 2. The highest BCUT2D eigenvalue weighted by Crippen LogP contribution is 2.37. The third kappa shape index (κ3) is 6.42. The highest BCUT2D eigenvalue weighted by Gasteiger charge is 2.35. The lowest BCUT2D eigenvalue weighted by Crippen LogP contribution is -2.50. The smallest absolute Gasteiger partial charge is 0.417 e. The monoisotopic (exact) mass is 532 g/mol. The molecule has 204 valence electrons. The van der Waals surface area contributed by atoms with Crippen molar-refractivity contribution in [3.8, 4) is 5.75 Å². The molecule has 0 aliphatic rings. The Morgan fingerprint density at radius 2 is 1.82 bits per heavy atom. The van der Waals surface area contributed by atoms with E-state index in [-0.39, 0.29) is 24.1 Å². The molecule has 0 radical (unpaired) electrons. The second-order valence-corrected chi connectivity index (χ2v) is 9.37. The highest BCUT2D eigenvalue weighted by atomic mass is 19.4. The van der Waals surface area contributed by atoms with Crippen LogP contribution in [0.25, 0.3) is 11.0 Å². The Kier molecular flexibility index (Phi) is 8.98. The zero-order chi connectivity index (χ0) is 28.1. The number of hydrogen-bond acceptors (Lipinski definition) is 6. The van der Waals surface area contributed by atoms with E-state index in [4.69, 9.17) is 14.9 Å². The molecule has 10 heteroatoms. The number of fused-ring (bicyclic) bond motifs is 1. The first-order valence-electron chi connectivity index (χ1n) is 12.3. The molecular formula is C28H31F3N2O5. The molecule has 2 amide bonds. The molecule has 1 aromatic heterocycles. The average Bonchev–Trinajstić information content (AvgIpc) is 2.86. The topological polar surface area (TPSA) is 103 Å². The van der Waals surface area contributed by atoms with Crippen molar-refractivity contribution in [3.05, 3.63) is 75.1 Å². The normalized spacial score (nSPS) is 13.2. The van der Waals surface area contributed by atoms with Crippen LogP contribution < -0.4 is 16.1 Å². The van der Waals surface area contributed by atoms with E-state index in [1.807, 2.05) is 26.0 Å². The molecule has 1 heterocycles. The summed E-state index contributed by atoms with van der Waals surface area (Å²) in [5, 5.41) is -0.202. The Bertz CT molecular complexity index is 1350. The summed E-state index contributed by atoms with van der Waals surface area (Å²) in [6.07, 6.45) is -2.46. The lowest BCUT2D eigenvalue weighted by molar-refractivity contribution is -0.142. The van der Waals surface area contributed by atoms with Crippen LogP contribution >= 0.6 is 0 Å². The number of carbonyl (C=O) groups is 2. The highest BCUT2D eigenvalue weighted by molar-refractivity contribution is 5.94. The summed E-state index contributed by atoms with van der Waals surface area (Å²) >= 11 is 0. The standard InChI is InChI=1S/C28H31F3N2O5/c1-4-7-21-23(13-12-20-22(28(29,30)31)16-24(35)38-25(20)21)37-15-6-5-14-33(17-34)26(36)27(3,32)19-10-8-18(2)9-11-19/h8-13,16-17H,4-7,14-15,32H2,1-3H3. The van der Waals surface area contributed by atoms with Crippen molar-refractivity contribution in [3.63, 3.8) is 0 Å². The molecule has 1 atom stereocenters. The molecule has 7 nitrogen and oxygen atoms in total. The van der Waals surface area contributed by atoms with Crippen LogP contribution in [0.2, 0.25) is 0 Å². The van der Waals surface area contributed by atoms with Crippen molar-refractivity contribution in [2.45, 2.75) is 58.2 Å². The van der Waals surface area contributed by atoms with Gasteiger partial charge in [0.2, 0.25) is 6.41 Å². The summed E-state index contributed by atoms with van der Waals surface area (Å²) in [6, 6.07) is 10.3. The number of rotatable bonds is 11. The minimum absolute atomic E-state index is 0.119. The quantitative estimate of drug-likeness (QED) is 0.210. The maximum absolute atomic E-state index is 13.5. The number of ether oxygens (including phenoxy) is 1. The summed E-state index contributed by atoms with van der Waals surface area (Å²) in [6.45, 7) is 5.61. The number of nitrogens with two attached hydrogens (primary N) is 1. The van der Waals surface area contributed by atoms with Gasteiger partial charge in [0.15, 0.2) is 0 Å². The van der Waals surface area contributed by atoms with E-state index in [1.54, 1.807) is 19.1 Å². The minimum Gasteiger partial charge on any atom is -0.493 e. The van der Waals surface area contributed by atoms with E-state index in [0.717, 1.165) is 10.5 Å². The van der Waals surface area contributed by atoms with Crippen LogP contribution in [0.15, 0.2) is 51.7 Å². The number of benzene rings is 2. The molecule has 0 saturated heterocycles. The van der Waals surface area contributed by atoms with Gasteiger partial charge in [-0.05, 0) is 50.8 Å². The summed E-state index contributed by atoms with van der Waals surface area (Å²) in [5.74, 6) is -0.216. The number of alkyl halides is 3. The van der Waals surface area contributed by atoms with Gasteiger partial charge in [-0.3, -0.25) is 14.5 Å². The van der Waals surface area contributed by atoms with Crippen molar-refractivity contribution in [2.24, 2.45) is 5.73 Å². The van der Waals surface area contributed by atoms with Gasteiger partial charge >= 0.3 is 11.8 Å². The fourth-order valence-corrected chi connectivity index (χ4v) is 4.21. The second-order valence-electron chi connectivity index (χ2n) is 9.37. The van der Waals surface area contributed by atoms with Crippen molar-refractivity contribution in [2.75, 3.05) is 13.2 Å². The van der Waals surface area contributed by atoms with Gasteiger partial charge in [0.25, 0.3) is 5.91 Å². The Morgan fingerprint density at radius 3 is 2.42 bits per heavy atom. The largest absolute Gasteiger partial charge is 0.493 e. The number of imide groups is 1. The number of hydrogen-bond donors (Lipinski definition) is 1. The van der Waals surface area contributed by atoms with Crippen LogP contribution in [0.3, 0.4) is 0 Å². The SMILES string of the molecule is CCCc1c(OCCCCN(C=O)C(=O)C(C)(N)c2ccc(C)cc2)ccc2c(C(F)(F)F)cc(=O)oc12. The fourth-order valence-electron chi connectivity index (χ4n) is 4.21. The molecule has 0 aliphatic carbocycles. The lowest BCUT2D eigenvalue weighted by Gasteiger charge is -2.28. The van der Waals surface area contributed by atoms with Crippen LogP contribution in [0.1, 0.15) is 55.4 Å². The Morgan fingerprint density at radius 1 is 1.13 bits per heavy atom. The van der Waals surface area contributed by atoms with Gasteiger partial charge < -0.3 is 14.9 Å². The third-order valence-electron chi connectivity index (χ3n) is 6.31. The zero-order valence-corrected chi connectivity index (χ0v) is 21.6. The van der Waals surface area contributed by atoms with E-state index in [0.29, 0.717) is 55.0 Å². The van der Waals surface area contributed by atoms with Gasteiger partial charge in [-0.15, -0.1) is 0 Å². The average molecular weight is 533 g/mol. The molecule has 3 rings (SSSR count). The Hall–Kier alpha value is -3.66. The number of halogens is 3. The van der Waals surface area contributed by atoms with Crippen LogP contribution in [-0.2, 0) is 27.7 Å². The van der Waals surface area contributed by atoms with Crippen molar-refractivity contribution in [1.82, 2.24) is 4.90 Å². The second kappa shape index (κ2) is 11.8. The van der Waals surface area contributed by atoms with Gasteiger partial charge in [-0.1, -0.05) is 43.2 Å². The molecular weight excluding hydrogens is 501 g/mol. The maximum Gasteiger partial charge on any atom is 0.417 e. The molecule has 38 heavy (non-hydrogen) atoms. The molecule has 0 fully saturated rings. The van der Waals surface area contributed by atoms with Gasteiger partial charge in [0, 0.05) is 23.6 Å². The van der Waals surface area contributed by atoms with Crippen LogP contribution in [0.5, 0.6) is 5.75 Å². The maximum atomic E-state index is 13.5. The summed E-state index contributed by atoms with van der Waals surface area (Å²) in [7, 11) is 0. The van der Waals surface area contributed by atoms with E-state index >= 15 is 0 Å². The predicted octanol–water partition coefficient (Wildman–Crippen LogP) is 5.09. The van der Waals surface area contributed by atoms with Crippen LogP contribution in [0.4, 0.5) is 13.2 Å². The van der Waals surface area contributed by atoms with E-state index in [1.165, 1.54) is 12.1 Å². The number of nitrogens with zero attached hydrogens (tertiary/aromatic N) is 1. The predicted molar refractivity (Wildman–Crippen MR) is 137 cm³/mol. The summed E-state index contributed by atoms with van der Waals surface area (Å²) in [4.78, 5) is 37.5. The van der Waals surface area contributed by atoms with Gasteiger partial charge in [0.1, 0.15) is 16.9 Å². The number of carbonyl (C=O) groups excluding carboxylic acids is 2. The van der Waals surface area contributed by atoms with E-state index in [9.17, 15) is 27.6 Å². The third-order valence-corrected chi connectivity index (χ3v) is 6.31. The minimum atomic E-state index is -4.71. The first-order chi connectivity index (χ1) is 17.9. The zero-order valence-electron chi connectivity index (χ0n) is 21.6. The first-order valence-corrected chi connectivity index (χ1v) is 12.3. The molecule has 0 saturated carbocycles. The molecule has 0 bridgehead atoms. The summed E-state index contributed by atoms with van der Waals surface area (Å²) < 4.78 is 51.4. The molecule has 0 spiro atoms. The van der Waals surface area contributed by atoms with Crippen LogP contribution in [-0.4, -0.2) is 30.4 Å². The molecule has 0 aliphatic heterocycles. The lowest BCUT2D eigenvalue weighted by atomic mass is 9.91. The van der Waals surface area contributed by atoms with Gasteiger partial charge in [-0.2, -0.15) is 13.2 Å². The van der Waals surface area contributed by atoms with Gasteiger partial charge in [-0.25, -0.2) is 4.79 Å². The van der Waals surface area contributed by atoms with Crippen molar-refractivity contribution >= 4 is 23.3 Å². The molecule has 2 N–H and O–H groups in total. The number of unbranched alkanes of at least 4 members (excludes halogenated alkanes) is 1. The van der Waals surface area contributed by atoms with E-state index < -0.39 is 28.8 Å². The van der Waals surface area contributed by atoms with Crippen LogP contribution in [0, 0.1) is 6.92 Å². The van der Waals surface area contributed by atoms with Crippen molar-refractivity contribution < 1.29 is 31.9 Å². The molecule has 1 unspecified atom stereocenters. The fraction of sp³-hybridized carbons (Fsp3) is 0.393. The molecule has 3 aromatic rings. The van der Waals surface area contributed by atoms with Crippen molar-refractivity contribution in [1.29, 1.82) is 0 Å². The van der Waals surface area contributed by atoms with E-state index in [2.05, 4.69) is 0 Å². The summed E-state index contributed by atoms with van der Waals surface area (Å²) in [5.41, 5.74) is 4.60. The number of amides is 2. The Labute approximate surface area is 218 Å².